The van der Waals surface area contributed by atoms with Gasteiger partial charge in [-0.25, -0.2) is 0 Å². The number of carbonyl (C=O) groups is 3. The molecule has 1 aromatic heterocycles. The maximum atomic E-state index is 12.9. The minimum absolute atomic E-state index is 0.268. The summed E-state index contributed by atoms with van der Waals surface area (Å²) in [6.45, 7) is 1.61. The molecule has 0 unspecified atom stereocenters. The van der Waals surface area contributed by atoms with Crippen molar-refractivity contribution < 1.29 is 19.1 Å². The first-order valence-electron chi connectivity index (χ1n) is 9.99. The summed E-state index contributed by atoms with van der Waals surface area (Å²) in [5.74, 6) is -0.193. The average Bonchev–Trinajstić information content (AvgIpc) is 3.29. The molecule has 9 heteroatoms. The number of ether oxygens (including phenoxy) is 1. The molecule has 2 heterocycles. The van der Waals surface area contributed by atoms with Gasteiger partial charge in [0.1, 0.15) is 12.3 Å². The second-order valence-corrected chi connectivity index (χ2v) is 9.16. The maximum Gasteiger partial charge on any atom is 0.294 e. The van der Waals surface area contributed by atoms with E-state index in [0.717, 1.165) is 44.0 Å². The van der Waals surface area contributed by atoms with Gasteiger partial charge >= 0.3 is 0 Å². The fourth-order valence-electron chi connectivity index (χ4n) is 3.40. The third-order valence-corrected chi connectivity index (χ3v) is 6.46. The fraction of sp³-hybridized carbons (Fsp3) is 0.125. The van der Waals surface area contributed by atoms with Crippen molar-refractivity contribution in [2.24, 2.45) is 0 Å². The van der Waals surface area contributed by atoms with Crippen LogP contribution in [-0.2, 0) is 9.59 Å². The van der Waals surface area contributed by atoms with Crippen LogP contribution in [0.15, 0.2) is 70.0 Å². The monoisotopic (exact) mass is 525 g/mol. The molecule has 3 amide bonds. The lowest BCUT2D eigenvalue weighted by Crippen LogP contribution is -2.36. The fourth-order valence-corrected chi connectivity index (χ4v) is 4.49. The number of nitrogens with zero attached hydrogens (tertiary/aromatic N) is 2. The topological polar surface area (TPSA) is 80.6 Å². The zero-order valence-corrected chi connectivity index (χ0v) is 20.3. The zero-order valence-electron chi connectivity index (χ0n) is 17.9. The Balaban J connectivity index is 1.52. The second kappa shape index (κ2) is 9.68. The number of rotatable bonds is 6. The molecule has 2 aromatic carbocycles. The number of amides is 3. The number of imide groups is 1. The Bertz CT molecular complexity index is 1250. The van der Waals surface area contributed by atoms with Crippen LogP contribution >= 0.6 is 27.7 Å². The summed E-state index contributed by atoms with van der Waals surface area (Å²) in [4.78, 5) is 39.0. The number of carbonyl (C=O) groups excluding carboxylic acids is 3. The van der Waals surface area contributed by atoms with Gasteiger partial charge in [0.25, 0.3) is 11.1 Å². The Hall–Kier alpha value is -3.30. The molecule has 1 fully saturated rings. The summed E-state index contributed by atoms with van der Waals surface area (Å²) in [6.07, 6.45) is 1.68. The van der Waals surface area contributed by atoms with Gasteiger partial charge in [-0.3, -0.25) is 19.3 Å². The molecule has 1 aliphatic heterocycles. The maximum absolute atomic E-state index is 12.9. The number of halogens is 1. The van der Waals surface area contributed by atoms with Gasteiger partial charge in [0.2, 0.25) is 5.91 Å². The van der Waals surface area contributed by atoms with Gasteiger partial charge in [-0.1, -0.05) is 15.9 Å². The largest absolute Gasteiger partial charge is 0.497 e. The van der Waals surface area contributed by atoms with Crippen LogP contribution < -0.4 is 10.1 Å². The number of anilines is 1. The molecule has 3 aromatic rings. The van der Waals surface area contributed by atoms with E-state index in [1.165, 1.54) is 0 Å². The lowest BCUT2D eigenvalue weighted by Gasteiger charge is -2.13. The van der Waals surface area contributed by atoms with E-state index >= 15 is 0 Å². The van der Waals surface area contributed by atoms with Crippen LogP contribution in [0.25, 0.3) is 11.8 Å². The van der Waals surface area contributed by atoms with Crippen molar-refractivity contribution in [2.75, 3.05) is 19.0 Å². The van der Waals surface area contributed by atoms with E-state index in [4.69, 9.17) is 4.74 Å². The van der Waals surface area contributed by atoms with Crippen molar-refractivity contribution in [2.45, 2.75) is 6.92 Å². The molecule has 0 atom stereocenters. The summed E-state index contributed by atoms with van der Waals surface area (Å²) >= 11 is 4.16. The lowest BCUT2D eigenvalue weighted by molar-refractivity contribution is -0.127. The van der Waals surface area contributed by atoms with Crippen molar-refractivity contribution in [3.63, 3.8) is 0 Å². The quantitative estimate of drug-likeness (QED) is 0.445. The van der Waals surface area contributed by atoms with E-state index in [0.29, 0.717) is 5.69 Å². The number of hydrogen-bond donors (Lipinski definition) is 1. The molecule has 0 aliphatic carbocycles. The smallest absolute Gasteiger partial charge is 0.294 e. The third kappa shape index (κ3) is 5.04. The highest BCUT2D eigenvalue weighted by Gasteiger charge is 2.36. The number of methoxy groups -OCH3 is 1. The minimum Gasteiger partial charge on any atom is -0.497 e. The normalized spacial score (nSPS) is 14.8. The summed E-state index contributed by atoms with van der Waals surface area (Å²) in [7, 11) is 1.61. The molecule has 33 heavy (non-hydrogen) atoms. The van der Waals surface area contributed by atoms with Crippen LogP contribution in [0, 0.1) is 6.92 Å². The van der Waals surface area contributed by atoms with E-state index in [2.05, 4.69) is 21.2 Å². The first-order chi connectivity index (χ1) is 15.9. The van der Waals surface area contributed by atoms with Gasteiger partial charge in [0, 0.05) is 27.2 Å². The molecular formula is C24H20BrN3O4S. The third-order valence-electron chi connectivity index (χ3n) is 5.02. The average molecular weight is 526 g/mol. The number of nitrogens with one attached hydrogen (secondary N) is 1. The Kier molecular flexibility index (Phi) is 6.71. The molecule has 0 radical (unpaired) electrons. The zero-order chi connectivity index (χ0) is 23.5. The molecule has 1 N–H and O–H groups in total. The minimum atomic E-state index is -0.490. The Labute approximate surface area is 203 Å². The van der Waals surface area contributed by atoms with Gasteiger partial charge in [-0.15, -0.1) is 0 Å². The molecule has 168 valence electrons. The van der Waals surface area contributed by atoms with Gasteiger partial charge in [0.05, 0.1) is 12.0 Å². The molecule has 1 aliphatic rings. The number of benzene rings is 2. The molecular weight excluding hydrogens is 506 g/mol. The van der Waals surface area contributed by atoms with E-state index < -0.39 is 17.1 Å². The van der Waals surface area contributed by atoms with Gasteiger partial charge in [-0.2, -0.15) is 0 Å². The van der Waals surface area contributed by atoms with E-state index in [9.17, 15) is 14.4 Å². The standard InChI is InChI=1S/C24H20BrN3O4S/c1-15-3-8-19(28(15)18-9-11-20(32-2)12-10-18)13-21-23(30)27(24(31)33-21)14-22(29)26-17-6-4-16(25)5-7-17/h3-13H,14H2,1-2H3,(H,26,29)/b21-13-. The molecule has 4 rings (SSSR count). The number of hydrogen-bond acceptors (Lipinski definition) is 5. The van der Waals surface area contributed by atoms with Crippen molar-refractivity contribution >= 4 is 56.5 Å². The number of thioether (sulfide) groups is 1. The van der Waals surface area contributed by atoms with Gasteiger partial charge in [-0.05, 0) is 85.4 Å². The van der Waals surface area contributed by atoms with Crippen molar-refractivity contribution in [1.82, 2.24) is 9.47 Å². The molecule has 0 spiro atoms. The highest BCUT2D eigenvalue weighted by Crippen LogP contribution is 2.33. The Morgan fingerprint density at radius 1 is 1.06 bits per heavy atom. The van der Waals surface area contributed by atoms with Crippen LogP contribution in [0.2, 0.25) is 0 Å². The van der Waals surface area contributed by atoms with E-state index in [-0.39, 0.29) is 11.4 Å². The Morgan fingerprint density at radius 3 is 2.42 bits per heavy atom. The molecule has 7 nitrogen and oxygen atoms in total. The predicted octanol–water partition coefficient (Wildman–Crippen LogP) is 5.23. The van der Waals surface area contributed by atoms with Crippen LogP contribution in [0.4, 0.5) is 10.5 Å². The van der Waals surface area contributed by atoms with Crippen molar-refractivity contribution in [1.29, 1.82) is 0 Å². The van der Waals surface area contributed by atoms with Crippen LogP contribution in [0.1, 0.15) is 11.4 Å². The molecule has 0 saturated carbocycles. The summed E-state index contributed by atoms with van der Waals surface area (Å²) in [5, 5.41) is 2.22. The summed E-state index contributed by atoms with van der Waals surface area (Å²) < 4.78 is 8.08. The van der Waals surface area contributed by atoms with E-state index in [1.807, 2.05) is 47.9 Å². The highest BCUT2D eigenvalue weighted by molar-refractivity contribution is 9.10. The van der Waals surface area contributed by atoms with Gasteiger partial charge < -0.3 is 14.6 Å². The summed E-state index contributed by atoms with van der Waals surface area (Å²) in [6, 6.07) is 18.4. The Morgan fingerprint density at radius 2 is 1.76 bits per heavy atom. The van der Waals surface area contributed by atoms with Crippen LogP contribution in [-0.4, -0.2) is 40.2 Å². The second-order valence-electron chi connectivity index (χ2n) is 7.26. The first kappa shape index (κ1) is 22.9. The van der Waals surface area contributed by atoms with E-state index in [1.54, 1.807) is 37.5 Å². The molecule has 0 bridgehead atoms. The SMILES string of the molecule is COc1ccc(-n2c(C)ccc2/C=C2\SC(=O)N(CC(=O)Nc3ccc(Br)cc3)C2=O)cc1. The van der Waals surface area contributed by atoms with Crippen LogP contribution in [0.3, 0.4) is 0 Å². The lowest BCUT2D eigenvalue weighted by atomic mass is 10.2. The molecule has 1 saturated heterocycles. The summed E-state index contributed by atoms with van der Waals surface area (Å²) in [5.41, 5.74) is 3.21. The van der Waals surface area contributed by atoms with Gasteiger partial charge in [0.15, 0.2) is 0 Å². The number of aromatic nitrogens is 1. The number of aryl methyl sites for hydroxylation is 1. The first-order valence-corrected chi connectivity index (χ1v) is 11.6. The van der Waals surface area contributed by atoms with Crippen molar-refractivity contribution in [3.8, 4) is 11.4 Å². The predicted molar refractivity (Wildman–Crippen MR) is 133 cm³/mol. The van der Waals surface area contributed by atoms with Crippen molar-refractivity contribution in [3.05, 3.63) is 81.4 Å². The van der Waals surface area contributed by atoms with Crippen LogP contribution in [0.5, 0.6) is 5.75 Å². The highest BCUT2D eigenvalue weighted by atomic mass is 79.9.